The van der Waals surface area contributed by atoms with Gasteiger partial charge in [-0.1, -0.05) is 12.2 Å². The molecule has 0 unspecified atom stereocenters. The quantitative estimate of drug-likeness (QED) is 0.844. The van der Waals surface area contributed by atoms with E-state index in [4.69, 9.17) is 4.74 Å². The van der Waals surface area contributed by atoms with Gasteiger partial charge in [0.2, 0.25) is 5.88 Å². The van der Waals surface area contributed by atoms with E-state index in [1.165, 1.54) is 0 Å². The van der Waals surface area contributed by atoms with Gasteiger partial charge in [-0.3, -0.25) is 4.40 Å². The Morgan fingerprint density at radius 3 is 3.12 bits per heavy atom. The summed E-state index contributed by atoms with van der Waals surface area (Å²) in [7, 11) is 1.67. The first-order valence-electron chi connectivity index (χ1n) is 5.75. The third-order valence-electron chi connectivity index (χ3n) is 3.08. The fraction of sp³-hybridized carbons (Fsp3) is 0.417. The highest BCUT2D eigenvalue weighted by molar-refractivity contribution is 7.15. The molecule has 0 atom stereocenters. The largest absolute Gasteiger partial charge is 0.480 e. The molecule has 0 aliphatic heterocycles. The van der Waals surface area contributed by atoms with Crippen molar-refractivity contribution < 1.29 is 4.74 Å². The van der Waals surface area contributed by atoms with E-state index in [1.807, 2.05) is 11.6 Å². The number of thiazole rings is 1. The molecule has 2 heterocycles. The third kappa shape index (κ3) is 1.96. The van der Waals surface area contributed by atoms with Gasteiger partial charge in [0.1, 0.15) is 5.69 Å². The van der Waals surface area contributed by atoms with Crippen LogP contribution in [0.1, 0.15) is 18.5 Å². The molecule has 1 aliphatic carbocycles. The van der Waals surface area contributed by atoms with Gasteiger partial charge in [0, 0.05) is 24.2 Å². The van der Waals surface area contributed by atoms with Crippen LogP contribution in [0.2, 0.25) is 0 Å². The third-order valence-corrected chi connectivity index (χ3v) is 3.84. The summed E-state index contributed by atoms with van der Waals surface area (Å²) in [6.07, 6.45) is 8.73. The first kappa shape index (κ1) is 10.8. The van der Waals surface area contributed by atoms with Crippen LogP contribution in [-0.2, 0) is 6.54 Å². The van der Waals surface area contributed by atoms with Crippen LogP contribution < -0.4 is 10.1 Å². The molecule has 5 heteroatoms. The summed E-state index contributed by atoms with van der Waals surface area (Å²) in [6.45, 7) is 0.799. The number of hydrogen-bond donors (Lipinski definition) is 1. The maximum absolute atomic E-state index is 5.32. The topological polar surface area (TPSA) is 38.6 Å². The zero-order valence-electron chi connectivity index (χ0n) is 9.72. The monoisotopic (exact) mass is 249 g/mol. The van der Waals surface area contributed by atoms with Crippen LogP contribution in [0, 0.1) is 0 Å². The number of rotatable bonds is 4. The van der Waals surface area contributed by atoms with Gasteiger partial charge in [0.05, 0.1) is 7.11 Å². The van der Waals surface area contributed by atoms with Gasteiger partial charge < -0.3 is 10.1 Å². The number of nitrogens with zero attached hydrogens (tertiary/aromatic N) is 2. The lowest BCUT2D eigenvalue weighted by molar-refractivity contribution is 0.390. The van der Waals surface area contributed by atoms with Crippen LogP contribution in [0.5, 0.6) is 5.88 Å². The molecule has 0 aromatic carbocycles. The summed E-state index contributed by atoms with van der Waals surface area (Å²) in [5.41, 5.74) is 1.11. The van der Waals surface area contributed by atoms with Crippen LogP contribution in [0.4, 0.5) is 0 Å². The number of fused-ring (bicyclic) bond motifs is 1. The molecule has 2 aromatic rings. The minimum atomic E-state index is 0.559. The van der Waals surface area contributed by atoms with Gasteiger partial charge in [-0.25, -0.2) is 0 Å². The number of hydrogen-bond acceptors (Lipinski definition) is 4. The van der Waals surface area contributed by atoms with Crippen molar-refractivity contribution >= 4 is 16.3 Å². The van der Waals surface area contributed by atoms with E-state index in [1.54, 1.807) is 18.4 Å². The molecule has 0 spiro atoms. The average molecular weight is 249 g/mol. The van der Waals surface area contributed by atoms with Gasteiger partial charge >= 0.3 is 0 Å². The van der Waals surface area contributed by atoms with Crippen LogP contribution in [0.25, 0.3) is 4.96 Å². The molecular formula is C12H15N3OS. The number of aromatic nitrogens is 2. The smallest absolute Gasteiger partial charge is 0.237 e. The molecule has 0 amide bonds. The summed E-state index contributed by atoms with van der Waals surface area (Å²) in [5, 5.41) is 5.59. The molecule has 0 saturated heterocycles. The Labute approximate surface area is 104 Å². The van der Waals surface area contributed by atoms with Crippen molar-refractivity contribution in [3.05, 3.63) is 29.4 Å². The average Bonchev–Trinajstić information content (AvgIpc) is 3.03. The highest BCUT2D eigenvalue weighted by atomic mass is 32.1. The number of nitrogens with one attached hydrogen (secondary N) is 1. The van der Waals surface area contributed by atoms with Gasteiger partial charge in [-0.2, -0.15) is 4.98 Å². The second-order valence-corrected chi connectivity index (χ2v) is 5.02. The van der Waals surface area contributed by atoms with Crippen molar-refractivity contribution in [3.8, 4) is 5.88 Å². The molecule has 1 N–H and O–H groups in total. The van der Waals surface area contributed by atoms with Crippen molar-refractivity contribution in [3.63, 3.8) is 0 Å². The second kappa shape index (κ2) is 4.50. The van der Waals surface area contributed by atoms with E-state index in [0.717, 1.165) is 35.9 Å². The van der Waals surface area contributed by atoms with Crippen molar-refractivity contribution in [2.24, 2.45) is 0 Å². The van der Waals surface area contributed by atoms with Gasteiger partial charge in [-0.15, -0.1) is 11.3 Å². The predicted molar refractivity (Wildman–Crippen MR) is 68.6 cm³/mol. The molecule has 0 saturated carbocycles. The Morgan fingerprint density at radius 1 is 1.53 bits per heavy atom. The van der Waals surface area contributed by atoms with Crippen molar-refractivity contribution in [2.75, 3.05) is 7.11 Å². The Bertz CT molecular complexity index is 535. The molecular weight excluding hydrogens is 234 g/mol. The summed E-state index contributed by atoms with van der Waals surface area (Å²) in [5.74, 6) is 0.732. The lowest BCUT2D eigenvalue weighted by Crippen LogP contribution is -2.26. The number of imidazole rings is 1. The summed E-state index contributed by atoms with van der Waals surface area (Å²) < 4.78 is 7.42. The van der Waals surface area contributed by atoms with Crippen molar-refractivity contribution in [1.82, 2.24) is 14.7 Å². The fourth-order valence-electron chi connectivity index (χ4n) is 2.16. The molecule has 17 heavy (non-hydrogen) atoms. The maximum Gasteiger partial charge on any atom is 0.237 e. The minimum absolute atomic E-state index is 0.559. The van der Waals surface area contributed by atoms with Crippen LogP contribution >= 0.6 is 11.3 Å². The van der Waals surface area contributed by atoms with E-state index in [9.17, 15) is 0 Å². The van der Waals surface area contributed by atoms with Crippen LogP contribution in [-0.4, -0.2) is 22.5 Å². The molecule has 2 aromatic heterocycles. The number of ether oxygens (including phenoxy) is 1. The second-order valence-electron chi connectivity index (χ2n) is 4.14. The Balaban J connectivity index is 1.79. The van der Waals surface area contributed by atoms with E-state index >= 15 is 0 Å². The van der Waals surface area contributed by atoms with Crippen molar-refractivity contribution in [1.29, 1.82) is 0 Å². The van der Waals surface area contributed by atoms with E-state index < -0.39 is 0 Å². The minimum Gasteiger partial charge on any atom is -0.480 e. The highest BCUT2D eigenvalue weighted by Crippen LogP contribution is 2.23. The fourth-order valence-corrected chi connectivity index (χ4v) is 2.89. The molecule has 1 aliphatic rings. The van der Waals surface area contributed by atoms with E-state index in [0.29, 0.717) is 6.04 Å². The molecule has 0 bridgehead atoms. The predicted octanol–water partition coefficient (Wildman–Crippen LogP) is 2.21. The molecule has 90 valence electrons. The SMILES string of the molecule is COc1nc2sccn2c1CNC1CC=CC1. The highest BCUT2D eigenvalue weighted by Gasteiger charge is 2.16. The Kier molecular flexibility index (Phi) is 2.86. The first-order valence-corrected chi connectivity index (χ1v) is 6.63. The Hall–Kier alpha value is -1.33. The first-order chi connectivity index (χ1) is 8.38. The van der Waals surface area contributed by atoms with Gasteiger partial charge in [-0.05, 0) is 12.8 Å². The van der Waals surface area contributed by atoms with Crippen LogP contribution in [0.15, 0.2) is 23.7 Å². The van der Waals surface area contributed by atoms with Crippen LogP contribution in [0.3, 0.4) is 0 Å². The molecule has 0 radical (unpaired) electrons. The van der Waals surface area contributed by atoms with Crippen molar-refractivity contribution in [2.45, 2.75) is 25.4 Å². The zero-order valence-corrected chi connectivity index (χ0v) is 10.5. The molecule has 4 nitrogen and oxygen atoms in total. The maximum atomic E-state index is 5.32. The van der Waals surface area contributed by atoms with E-state index in [2.05, 4.69) is 26.9 Å². The summed E-state index contributed by atoms with van der Waals surface area (Å²) >= 11 is 1.63. The molecule has 3 rings (SSSR count). The van der Waals surface area contributed by atoms with Gasteiger partial charge in [0.15, 0.2) is 4.96 Å². The lowest BCUT2D eigenvalue weighted by Gasteiger charge is -2.11. The zero-order chi connectivity index (χ0) is 11.7. The lowest BCUT2D eigenvalue weighted by atomic mass is 10.2. The standard InChI is InChI=1S/C12H15N3OS/c1-16-11-10(8-13-9-4-2-3-5-9)15-6-7-17-12(15)14-11/h2-3,6-7,9,13H,4-5,8H2,1H3. The van der Waals surface area contributed by atoms with E-state index in [-0.39, 0.29) is 0 Å². The molecule has 0 fully saturated rings. The Morgan fingerprint density at radius 2 is 2.35 bits per heavy atom. The number of methoxy groups -OCH3 is 1. The normalized spacial score (nSPS) is 16.1. The summed E-state index contributed by atoms with van der Waals surface area (Å²) in [6, 6.07) is 0.559. The van der Waals surface area contributed by atoms with Gasteiger partial charge in [0.25, 0.3) is 0 Å². The summed E-state index contributed by atoms with van der Waals surface area (Å²) in [4.78, 5) is 5.43.